The van der Waals surface area contributed by atoms with Crippen molar-refractivity contribution in [2.24, 2.45) is 0 Å². The van der Waals surface area contributed by atoms with Gasteiger partial charge in [0.25, 0.3) is 0 Å². The molecular weight excluding hydrogens is 412 g/mol. The number of aliphatic hydroxyl groups excluding tert-OH is 1. The Bertz CT molecular complexity index is 1210. The zero-order chi connectivity index (χ0) is 21.4. The first kappa shape index (κ1) is 19.8. The molecule has 1 saturated heterocycles. The molecule has 5 rings (SSSR count). The number of imidazole rings is 1. The maximum atomic E-state index is 9.71. The van der Waals surface area contributed by atoms with Crippen molar-refractivity contribution in [2.45, 2.75) is 18.9 Å². The van der Waals surface area contributed by atoms with Crippen LogP contribution in [0.1, 0.15) is 12.8 Å². The second-order valence-electron chi connectivity index (χ2n) is 7.67. The summed E-state index contributed by atoms with van der Waals surface area (Å²) in [5, 5.41) is 10.3. The molecule has 0 unspecified atom stereocenters. The second kappa shape index (κ2) is 8.17. The van der Waals surface area contributed by atoms with Crippen LogP contribution in [-0.4, -0.2) is 50.7 Å². The minimum Gasteiger partial charge on any atom is -0.394 e. The summed E-state index contributed by atoms with van der Waals surface area (Å²) in [6.07, 6.45) is 5.63. The highest BCUT2D eigenvalue weighted by molar-refractivity contribution is 6.30. The smallest absolute Gasteiger partial charge is 0.232 e. The van der Waals surface area contributed by atoms with Crippen molar-refractivity contribution in [1.82, 2.24) is 19.4 Å². The summed E-state index contributed by atoms with van der Waals surface area (Å²) in [7, 11) is 1.93. The molecule has 0 spiro atoms. The first-order valence-electron chi connectivity index (χ1n) is 10.3. The van der Waals surface area contributed by atoms with Crippen molar-refractivity contribution in [3.05, 3.63) is 65.9 Å². The molecule has 8 heteroatoms. The summed E-state index contributed by atoms with van der Waals surface area (Å²) in [5.74, 6) is 2.21. The van der Waals surface area contributed by atoms with E-state index in [1.807, 2.05) is 71.1 Å². The van der Waals surface area contributed by atoms with E-state index in [9.17, 15) is 5.11 Å². The van der Waals surface area contributed by atoms with Gasteiger partial charge in [-0.2, -0.15) is 4.98 Å². The highest BCUT2D eigenvalue weighted by Gasteiger charge is 2.26. The third kappa shape index (κ3) is 3.60. The summed E-state index contributed by atoms with van der Waals surface area (Å²) in [5.41, 5.74) is 2.62. The first-order valence-corrected chi connectivity index (χ1v) is 10.7. The quantitative estimate of drug-likeness (QED) is 0.508. The number of benzene rings is 1. The van der Waals surface area contributed by atoms with E-state index in [-0.39, 0.29) is 12.6 Å². The highest BCUT2D eigenvalue weighted by Crippen LogP contribution is 2.35. The molecule has 4 heterocycles. The Morgan fingerprint density at radius 3 is 2.77 bits per heavy atom. The fraction of sp³-hybridized carbons (Fsp3) is 0.261. The molecule has 7 nitrogen and oxygen atoms in total. The molecule has 0 bridgehead atoms. The molecule has 0 amide bonds. The predicted octanol–water partition coefficient (Wildman–Crippen LogP) is 4.17. The van der Waals surface area contributed by atoms with Crippen molar-refractivity contribution in [3.8, 4) is 11.3 Å². The van der Waals surface area contributed by atoms with Gasteiger partial charge in [-0.1, -0.05) is 41.9 Å². The standard InChI is InChI=1S/C23H23ClN6O/c1-28(23-25-12-11-20(27-23)29-13-5-8-18(29)15-31)22-21(16-6-3-2-4-7-16)26-19-10-9-17(24)14-30(19)22/h2-4,6-7,9-12,14,18,31H,5,8,13,15H2,1H3/t18-/m1/s1. The molecular formula is C23H23ClN6O. The van der Waals surface area contributed by atoms with Crippen LogP contribution in [-0.2, 0) is 0 Å². The number of rotatable bonds is 5. The minimum absolute atomic E-state index is 0.0996. The molecule has 3 aromatic heterocycles. The van der Waals surface area contributed by atoms with E-state index in [1.165, 1.54) is 0 Å². The molecule has 0 aliphatic carbocycles. The van der Waals surface area contributed by atoms with Gasteiger partial charge in [0, 0.05) is 31.5 Å². The second-order valence-corrected chi connectivity index (χ2v) is 8.11. The first-order chi connectivity index (χ1) is 15.2. The Kier molecular flexibility index (Phi) is 5.21. The Morgan fingerprint density at radius 1 is 1.13 bits per heavy atom. The Labute approximate surface area is 185 Å². The van der Waals surface area contributed by atoms with Crippen LogP contribution in [0.2, 0.25) is 5.02 Å². The lowest BCUT2D eigenvalue weighted by Gasteiger charge is -2.25. The lowest BCUT2D eigenvalue weighted by Crippen LogP contribution is -2.33. The SMILES string of the molecule is CN(c1nccc(N2CCC[C@@H]2CO)n1)c1c(-c2ccccc2)nc2ccc(Cl)cn12. The van der Waals surface area contributed by atoms with E-state index < -0.39 is 0 Å². The van der Waals surface area contributed by atoms with Crippen molar-refractivity contribution in [2.75, 3.05) is 30.0 Å². The van der Waals surface area contributed by atoms with Gasteiger partial charge in [-0.15, -0.1) is 0 Å². The fourth-order valence-electron chi connectivity index (χ4n) is 4.20. The Morgan fingerprint density at radius 2 is 1.97 bits per heavy atom. The lowest BCUT2D eigenvalue weighted by molar-refractivity contribution is 0.266. The van der Waals surface area contributed by atoms with Gasteiger partial charge in [-0.25, -0.2) is 9.97 Å². The van der Waals surface area contributed by atoms with Crippen LogP contribution >= 0.6 is 11.6 Å². The molecule has 158 valence electrons. The number of fused-ring (bicyclic) bond motifs is 1. The maximum absolute atomic E-state index is 9.71. The van der Waals surface area contributed by atoms with E-state index in [1.54, 1.807) is 6.20 Å². The van der Waals surface area contributed by atoms with Crippen molar-refractivity contribution in [3.63, 3.8) is 0 Å². The van der Waals surface area contributed by atoms with Crippen LogP contribution in [0.4, 0.5) is 17.6 Å². The molecule has 4 aromatic rings. The van der Waals surface area contributed by atoms with Crippen LogP contribution < -0.4 is 9.80 Å². The number of aromatic nitrogens is 4. The number of hydrogen-bond donors (Lipinski definition) is 1. The van der Waals surface area contributed by atoms with Crippen molar-refractivity contribution < 1.29 is 5.11 Å². The minimum atomic E-state index is 0.0996. The zero-order valence-corrected chi connectivity index (χ0v) is 17.9. The molecule has 31 heavy (non-hydrogen) atoms. The molecule has 1 N–H and O–H groups in total. The predicted molar refractivity (Wildman–Crippen MR) is 123 cm³/mol. The molecule has 1 aliphatic heterocycles. The van der Waals surface area contributed by atoms with E-state index >= 15 is 0 Å². The van der Waals surface area contributed by atoms with Crippen LogP contribution in [0, 0.1) is 0 Å². The van der Waals surface area contributed by atoms with Gasteiger partial charge in [0.1, 0.15) is 23.0 Å². The fourth-order valence-corrected chi connectivity index (χ4v) is 4.36. The average molecular weight is 435 g/mol. The number of aliphatic hydroxyl groups is 1. The topological polar surface area (TPSA) is 69.8 Å². The van der Waals surface area contributed by atoms with Crippen molar-refractivity contribution in [1.29, 1.82) is 0 Å². The molecule has 1 aliphatic rings. The molecule has 1 fully saturated rings. The highest BCUT2D eigenvalue weighted by atomic mass is 35.5. The van der Waals surface area contributed by atoms with E-state index in [0.29, 0.717) is 11.0 Å². The Balaban J connectivity index is 1.62. The van der Waals surface area contributed by atoms with Gasteiger partial charge in [-0.3, -0.25) is 9.30 Å². The van der Waals surface area contributed by atoms with Crippen molar-refractivity contribution >= 4 is 34.8 Å². The normalized spacial score (nSPS) is 16.2. The van der Waals surface area contributed by atoms with Crippen LogP contribution in [0.25, 0.3) is 16.9 Å². The summed E-state index contributed by atoms with van der Waals surface area (Å²) in [4.78, 5) is 18.3. The number of nitrogens with zero attached hydrogens (tertiary/aromatic N) is 6. The van der Waals surface area contributed by atoms with Gasteiger partial charge in [0.2, 0.25) is 5.95 Å². The van der Waals surface area contributed by atoms with Gasteiger partial charge in [0.15, 0.2) is 0 Å². The Hall–Kier alpha value is -3.16. The molecule has 0 saturated carbocycles. The maximum Gasteiger partial charge on any atom is 0.232 e. The number of anilines is 3. The number of hydrogen-bond acceptors (Lipinski definition) is 6. The summed E-state index contributed by atoms with van der Waals surface area (Å²) in [6.45, 7) is 1.00. The third-order valence-corrected chi connectivity index (χ3v) is 5.96. The van der Waals surface area contributed by atoms with Gasteiger partial charge in [-0.05, 0) is 31.0 Å². The molecule has 1 atom stereocenters. The summed E-state index contributed by atoms with van der Waals surface area (Å²) in [6, 6.07) is 15.8. The summed E-state index contributed by atoms with van der Waals surface area (Å²) < 4.78 is 1.97. The number of halogens is 1. The van der Waals surface area contributed by atoms with E-state index in [2.05, 4.69) is 9.88 Å². The van der Waals surface area contributed by atoms with Gasteiger partial charge < -0.3 is 10.0 Å². The average Bonchev–Trinajstić information content (AvgIpc) is 3.43. The zero-order valence-electron chi connectivity index (χ0n) is 17.2. The molecule has 1 aromatic carbocycles. The van der Waals surface area contributed by atoms with Crippen LogP contribution in [0.5, 0.6) is 0 Å². The van der Waals surface area contributed by atoms with Gasteiger partial charge in [0.05, 0.1) is 17.7 Å². The lowest BCUT2D eigenvalue weighted by atomic mass is 10.1. The van der Waals surface area contributed by atoms with E-state index in [0.717, 1.165) is 47.9 Å². The third-order valence-electron chi connectivity index (χ3n) is 5.73. The summed E-state index contributed by atoms with van der Waals surface area (Å²) >= 11 is 6.31. The van der Waals surface area contributed by atoms with Crippen LogP contribution in [0.15, 0.2) is 60.9 Å². The van der Waals surface area contributed by atoms with E-state index in [4.69, 9.17) is 21.6 Å². The molecule has 0 radical (unpaired) electrons. The monoisotopic (exact) mass is 434 g/mol. The largest absolute Gasteiger partial charge is 0.394 e. The van der Waals surface area contributed by atoms with Crippen LogP contribution in [0.3, 0.4) is 0 Å². The number of pyridine rings is 1. The van der Waals surface area contributed by atoms with Gasteiger partial charge >= 0.3 is 0 Å².